The SMILES string of the molecule is COC(=O)CN[C@H]1CCN(C(=O)OC(C)(C)C)C1. The minimum atomic E-state index is -0.478. The van der Waals surface area contributed by atoms with Crippen molar-refractivity contribution in [1.29, 1.82) is 0 Å². The van der Waals surface area contributed by atoms with Gasteiger partial charge < -0.3 is 19.7 Å². The summed E-state index contributed by atoms with van der Waals surface area (Å²) >= 11 is 0. The summed E-state index contributed by atoms with van der Waals surface area (Å²) in [5.74, 6) is -0.300. The Kier molecular flexibility index (Phi) is 4.95. The van der Waals surface area contributed by atoms with Crippen molar-refractivity contribution >= 4 is 12.1 Å². The van der Waals surface area contributed by atoms with E-state index in [1.165, 1.54) is 7.11 Å². The van der Waals surface area contributed by atoms with Crippen molar-refractivity contribution in [2.75, 3.05) is 26.7 Å². The van der Waals surface area contributed by atoms with Gasteiger partial charge in [-0.1, -0.05) is 0 Å². The quantitative estimate of drug-likeness (QED) is 0.757. The lowest BCUT2D eigenvalue weighted by Gasteiger charge is -2.24. The molecule has 104 valence electrons. The molecule has 6 nitrogen and oxygen atoms in total. The third-order valence-corrected chi connectivity index (χ3v) is 2.60. The van der Waals surface area contributed by atoms with Gasteiger partial charge in [0.05, 0.1) is 13.7 Å². The Morgan fingerprint density at radius 2 is 2.06 bits per heavy atom. The lowest BCUT2D eigenvalue weighted by atomic mass is 10.2. The van der Waals surface area contributed by atoms with E-state index < -0.39 is 5.60 Å². The van der Waals surface area contributed by atoms with Crippen LogP contribution in [-0.4, -0.2) is 55.3 Å². The molecule has 1 N–H and O–H groups in total. The molecule has 1 amide bonds. The van der Waals surface area contributed by atoms with Crippen molar-refractivity contribution in [2.45, 2.75) is 38.8 Å². The van der Waals surface area contributed by atoms with Gasteiger partial charge in [0.15, 0.2) is 0 Å². The molecule has 0 aromatic rings. The highest BCUT2D eigenvalue weighted by molar-refractivity contribution is 5.71. The average Bonchev–Trinajstić information content (AvgIpc) is 2.72. The van der Waals surface area contributed by atoms with Gasteiger partial charge >= 0.3 is 12.1 Å². The third kappa shape index (κ3) is 4.91. The third-order valence-electron chi connectivity index (χ3n) is 2.60. The van der Waals surface area contributed by atoms with Gasteiger partial charge in [-0.3, -0.25) is 4.79 Å². The molecule has 0 unspecified atom stereocenters. The number of nitrogens with zero attached hydrogens (tertiary/aromatic N) is 1. The first-order valence-electron chi connectivity index (χ1n) is 6.10. The molecule has 1 atom stereocenters. The zero-order valence-corrected chi connectivity index (χ0v) is 11.5. The van der Waals surface area contributed by atoms with Crippen LogP contribution in [0.2, 0.25) is 0 Å². The molecule has 0 aromatic heterocycles. The predicted octanol–water partition coefficient (Wildman–Crippen LogP) is 0.758. The molecule has 0 spiro atoms. The minimum absolute atomic E-state index is 0.122. The summed E-state index contributed by atoms with van der Waals surface area (Å²) in [5.41, 5.74) is -0.478. The van der Waals surface area contributed by atoms with Gasteiger partial charge in [0.1, 0.15) is 5.60 Å². The number of methoxy groups -OCH3 is 1. The van der Waals surface area contributed by atoms with Gasteiger partial charge in [0.25, 0.3) is 0 Å². The Balaban J connectivity index is 2.32. The number of likely N-dealkylation sites (tertiary alicyclic amines) is 1. The number of ether oxygens (including phenoxy) is 2. The predicted molar refractivity (Wildman–Crippen MR) is 66.2 cm³/mol. The maximum absolute atomic E-state index is 11.8. The molecule has 0 aromatic carbocycles. The highest BCUT2D eigenvalue weighted by Gasteiger charge is 2.29. The second-order valence-corrected chi connectivity index (χ2v) is 5.37. The second kappa shape index (κ2) is 6.04. The first-order chi connectivity index (χ1) is 8.31. The molecule has 18 heavy (non-hydrogen) atoms. The Bertz CT molecular complexity index is 312. The monoisotopic (exact) mass is 258 g/mol. The van der Waals surface area contributed by atoms with E-state index in [1.807, 2.05) is 20.8 Å². The van der Waals surface area contributed by atoms with Crippen LogP contribution in [0.4, 0.5) is 4.79 Å². The van der Waals surface area contributed by atoms with E-state index in [9.17, 15) is 9.59 Å². The number of carbonyl (C=O) groups is 2. The van der Waals surface area contributed by atoms with E-state index in [0.29, 0.717) is 13.1 Å². The summed E-state index contributed by atoms with van der Waals surface area (Å²) in [6, 6.07) is 0.122. The van der Waals surface area contributed by atoms with Crippen molar-refractivity contribution in [2.24, 2.45) is 0 Å². The largest absolute Gasteiger partial charge is 0.468 e. The van der Waals surface area contributed by atoms with Gasteiger partial charge in [-0.05, 0) is 27.2 Å². The Morgan fingerprint density at radius 1 is 1.39 bits per heavy atom. The molecule has 0 saturated carbocycles. The maximum atomic E-state index is 11.8. The van der Waals surface area contributed by atoms with Crippen LogP contribution in [0.15, 0.2) is 0 Å². The summed E-state index contributed by atoms with van der Waals surface area (Å²) in [6.45, 7) is 6.90. The summed E-state index contributed by atoms with van der Waals surface area (Å²) < 4.78 is 9.83. The summed E-state index contributed by atoms with van der Waals surface area (Å²) in [7, 11) is 1.35. The summed E-state index contributed by atoms with van der Waals surface area (Å²) in [6.07, 6.45) is 0.515. The van der Waals surface area contributed by atoms with E-state index in [-0.39, 0.29) is 24.6 Å². The molecule has 1 aliphatic rings. The zero-order valence-electron chi connectivity index (χ0n) is 11.5. The molecule has 1 fully saturated rings. The van der Waals surface area contributed by atoms with Crippen LogP contribution in [0, 0.1) is 0 Å². The van der Waals surface area contributed by atoms with Gasteiger partial charge in [-0.15, -0.1) is 0 Å². The molecule has 6 heteroatoms. The van der Waals surface area contributed by atoms with Gasteiger partial charge in [-0.2, -0.15) is 0 Å². The Labute approximate surface area is 108 Å². The average molecular weight is 258 g/mol. The van der Waals surface area contributed by atoms with Crippen LogP contribution in [0.5, 0.6) is 0 Å². The normalized spacial score (nSPS) is 19.8. The minimum Gasteiger partial charge on any atom is -0.468 e. The topological polar surface area (TPSA) is 67.9 Å². The summed E-state index contributed by atoms with van der Waals surface area (Å²) in [5, 5.41) is 3.06. The molecule has 1 saturated heterocycles. The first-order valence-corrected chi connectivity index (χ1v) is 6.10. The van der Waals surface area contributed by atoms with Crippen LogP contribution < -0.4 is 5.32 Å². The van der Waals surface area contributed by atoms with Crippen molar-refractivity contribution in [3.8, 4) is 0 Å². The fourth-order valence-electron chi connectivity index (χ4n) is 1.72. The fraction of sp³-hybridized carbons (Fsp3) is 0.833. The van der Waals surface area contributed by atoms with Crippen molar-refractivity contribution in [1.82, 2.24) is 10.2 Å². The Hall–Kier alpha value is -1.30. The number of hydrogen-bond donors (Lipinski definition) is 1. The van der Waals surface area contributed by atoms with Crippen LogP contribution in [0.3, 0.4) is 0 Å². The number of amides is 1. The molecule has 1 heterocycles. The number of nitrogens with one attached hydrogen (secondary N) is 1. The smallest absolute Gasteiger partial charge is 0.410 e. The molecule has 0 radical (unpaired) electrons. The van der Waals surface area contributed by atoms with E-state index in [0.717, 1.165) is 6.42 Å². The lowest BCUT2D eigenvalue weighted by Crippen LogP contribution is -2.39. The van der Waals surface area contributed by atoms with Crippen molar-refractivity contribution in [3.05, 3.63) is 0 Å². The first kappa shape index (κ1) is 14.8. The maximum Gasteiger partial charge on any atom is 0.410 e. The van der Waals surface area contributed by atoms with Gasteiger partial charge in [-0.25, -0.2) is 4.79 Å². The van der Waals surface area contributed by atoms with Crippen LogP contribution in [0.1, 0.15) is 27.2 Å². The Morgan fingerprint density at radius 3 is 2.61 bits per heavy atom. The fourth-order valence-corrected chi connectivity index (χ4v) is 1.72. The standard InChI is InChI=1S/C12H22N2O4/c1-12(2,3)18-11(16)14-6-5-9(8-14)13-7-10(15)17-4/h9,13H,5-8H2,1-4H3/t9-/m0/s1. The highest BCUT2D eigenvalue weighted by atomic mass is 16.6. The molecule has 0 aliphatic carbocycles. The molecule has 0 bridgehead atoms. The van der Waals surface area contributed by atoms with E-state index in [4.69, 9.17) is 4.74 Å². The van der Waals surface area contributed by atoms with Crippen LogP contribution in [-0.2, 0) is 14.3 Å². The van der Waals surface area contributed by atoms with Crippen molar-refractivity contribution < 1.29 is 19.1 Å². The lowest BCUT2D eigenvalue weighted by molar-refractivity contribution is -0.139. The summed E-state index contributed by atoms with van der Waals surface area (Å²) in [4.78, 5) is 24.4. The van der Waals surface area contributed by atoms with Gasteiger partial charge in [0, 0.05) is 19.1 Å². The van der Waals surface area contributed by atoms with Crippen molar-refractivity contribution in [3.63, 3.8) is 0 Å². The molecule has 1 aliphatic heterocycles. The van der Waals surface area contributed by atoms with Crippen LogP contribution >= 0.6 is 0 Å². The number of esters is 1. The number of hydrogen-bond acceptors (Lipinski definition) is 5. The van der Waals surface area contributed by atoms with E-state index in [1.54, 1.807) is 4.90 Å². The molecular weight excluding hydrogens is 236 g/mol. The van der Waals surface area contributed by atoms with Crippen LogP contribution in [0.25, 0.3) is 0 Å². The second-order valence-electron chi connectivity index (χ2n) is 5.37. The molecule has 1 rings (SSSR count). The highest BCUT2D eigenvalue weighted by Crippen LogP contribution is 2.15. The van der Waals surface area contributed by atoms with Gasteiger partial charge in [0.2, 0.25) is 0 Å². The number of carbonyl (C=O) groups excluding carboxylic acids is 2. The zero-order chi connectivity index (χ0) is 13.8. The van der Waals surface area contributed by atoms with E-state index in [2.05, 4.69) is 10.1 Å². The number of rotatable bonds is 3. The van der Waals surface area contributed by atoms with E-state index >= 15 is 0 Å². The molecular formula is C12H22N2O4.